The van der Waals surface area contributed by atoms with E-state index in [1.165, 1.54) is 36.4 Å². The predicted octanol–water partition coefficient (Wildman–Crippen LogP) is 4.97. The molecule has 0 heterocycles. The summed E-state index contributed by atoms with van der Waals surface area (Å²) in [5.74, 6) is -2.28. The van der Waals surface area contributed by atoms with Gasteiger partial charge in [-0.05, 0) is 60.4 Å². The first-order valence-electron chi connectivity index (χ1n) is 9.30. The Kier molecular flexibility index (Phi) is 6.21. The molecule has 0 aliphatic rings. The van der Waals surface area contributed by atoms with Crippen LogP contribution in [0.3, 0.4) is 0 Å². The van der Waals surface area contributed by atoms with Gasteiger partial charge in [-0.25, -0.2) is 19.2 Å². The summed E-state index contributed by atoms with van der Waals surface area (Å²) in [4.78, 5) is 52.2. The molecule has 158 valence electrons. The SMILES string of the molecule is Cc1c(N=C=O)ccc(C(=O)O)c1-c1ccc(-c2c(C(=O)O)ccc(N=C=O)c2C)cc1. The third kappa shape index (κ3) is 4.00. The molecule has 0 saturated carbocycles. The number of isocyanates is 2. The highest BCUT2D eigenvalue weighted by Gasteiger charge is 2.19. The van der Waals surface area contributed by atoms with Crippen molar-refractivity contribution >= 4 is 35.5 Å². The number of aromatic carboxylic acids is 2. The number of rotatable bonds is 6. The van der Waals surface area contributed by atoms with Crippen molar-refractivity contribution in [1.82, 2.24) is 0 Å². The predicted molar refractivity (Wildman–Crippen MR) is 116 cm³/mol. The van der Waals surface area contributed by atoms with E-state index in [4.69, 9.17) is 0 Å². The summed E-state index contributed by atoms with van der Waals surface area (Å²) >= 11 is 0. The fourth-order valence-electron chi connectivity index (χ4n) is 3.65. The van der Waals surface area contributed by atoms with Gasteiger partial charge in [-0.1, -0.05) is 24.3 Å². The van der Waals surface area contributed by atoms with Gasteiger partial charge in [0.15, 0.2) is 0 Å². The highest BCUT2D eigenvalue weighted by atomic mass is 16.4. The molecule has 0 atom stereocenters. The number of hydrogen-bond donors (Lipinski definition) is 2. The quantitative estimate of drug-likeness (QED) is 0.421. The molecular formula is C24H16N2O6. The summed E-state index contributed by atoms with van der Waals surface area (Å²) < 4.78 is 0. The van der Waals surface area contributed by atoms with E-state index in [1.54, 1.807) is 38.1 Å². The van der Waals surface area contributed by atoms with E-state index in [-0.39, 0.29) is 11.1 Å². The first-order chi connectivity index (χ1) is 15.3. The summed E-state index contributed by atoms with van der Waals surface area (Å²) in [7, 11) is 0. The maximum absolute atomic E-state index is 11.8. The van der Waals surface area contributed by atoms with E-state index < -0.39 is 11.9 Å². The van der Waals surface area contributed by atoms with Crippen LogP contribution in [0, 0.1) is 13.8 Å². The second-order valence-corrected chi connectivity index (χ2v) is 6.86. The van der Waals surface area contributed by atoms with Gasteiger partial charge >= 0.3 is 11.9 Å². The minimum atomic E-state index is -1.14. The van der Waals surface area contributed by atoms with Crippen LogP contribution < -0.4 is 0 Å². The molecule has 2 N–H and O–H groups in total. The smallest absolute Gasteiger partial charge is 0.336 e. The number of carboxylic acids is 2. The Balaban J connectivity index is 2.23. The topological polar surface area (TPSA) is 133 Å². The second kappa shape index (κ2) is 9.02. The summed E-state index contributed by atoms with van der Waals surface area (Å²) in [5, 5.41) is 19.2. The molecule has 3 aromatic carbocycles. The number of carbonyl (C=O) groups excluding carboxylic acids is 2. The van der Waals surface area contributed by atoms with Gasteiger partial charge in [0, 0.05) is 11.1 Å². The van der Waals surface area contributed by atoms with Crippen LogP contribution in [0.15, 0.2) is 58.5 Å². The van der Waals surface area contributed by atoms with Gasteiger partial charge in [0.1, 0.15) is 0 Å². The molecule has 0 aliphatic carbocycles. The molecule has 0 spiro atoms. The largest absolute Gasteiger partial charge is 0.478 e. The summed E-state index contributed by atoms with van der Waals surface area (Å²) in [5.41, 5.74) is 3.50. The molecule has 3 rings (SSSR count). The third-order valence-corrected chi connectivity index (χ3v) is 5.13. The molecule has 0 aliphatic heterocycles. The lowest BCUT2D eigenvalue weighted by Gasteiger charge is -2.15. The van der Waals surface area contributed by atoms with Crippen LogP contribution in [0.1, 0.15) is 31.8 Å². The summed E-state index contributed by atoms with van der Waals surface area (Å²) in [6.45, 7) is 3.30. The van der Waals surface area contributed by atoms with E-state index in [1.807, 2.05) is 0 Å². The molecule has 0 bridgehead atoms. The van der Waals surface area contributed by atoms with Gasteiger partial charge in [-0.15, -0.1) is 0 Å². The Labute approximate surface area is 182 Å². The first kappa shape index (κ1) is 22.1. The second-order valence-electron chi connectivity index (χ2n) is 6.86. The molecule has 32 heavy (non-hydrogen) atoms. The lowest BCUT2D eigenvalue weighted by molar-refractivity contribution is 0.0686. The number of hydrogen-bond acceptors (Lipinski definition) is 6. The molecule has 8 heteroatoms. The van der Waals surface area contributed by atoms with Crippen LogP contribution in [-0.4, -0.2) is 34.3 Å². The van der Waals surface area contributed by atoms with Crippen LogP contribution in [0.2, 0.25) is 0 Å². The standard InChI is InChI=1S/C24H16N2O6/c1-13-19(25-11-27)9-7-17(23(29)30)21(13)15-3-5-16(6-4-15)22-14(2)20(26-12-28)10-8-18(22)24(31)32/h3-10H,1-2H3,(H,29,30)(H,31,32). The first-order valence-corrected chi connectivity index (χ1v) is 9.30. The van der Waals surface area contributed by atoms with Crippen LogP contribution in [-0.2, 0) is 9.59 Å². The Morgan fingerprint density at radius 2 is 1.00 bits per heavy atom. The van der Waals surface area contributed by atoms with Crippen molar-refractivity contribution in [2.24, 2.45) is 9.98 Å². The van der Waals surface area contributed by atoms with E-state index in [0.717, 1.165) is 0 Å². The van der Waals surface area contributed by atoms with Gasteiger partial charge in [0.25, 0.3) is 0 Å². The lowest BCUT2D eigenvalue weighted by atomic mass is 9.90. The van der Waals surface area contributed by atoms with E-state index >= 15 is 0 Å². The Bertz CT molecular complexity index is 1240. The highest BCUT2D eigenvalue weighted by Crippen LogP contribution is 2.37. The number of benzene rings is 3. The highest BCUT2D eigenvalue weighted by molar-refractivity contribution is 6.00. The number of aliphatic imine (C=N–C) groups is 2. The van der Waals surface area contributed by atoms with Crippen molar-refractivity contribution in [3.8, 4) is 22.3 Å². The normalized spacial score (nSPS) is 10.1. The minimum absolute atomic E-state index is 0.0322. The summed E-state index contributed by atoms with van der Waals surface area (Å²) in [6.07, 6.45) is 2.91. The zero-order valence-electron chi connectivity index (χ0n) is 17.0. The van der Waals surface area contributed by atoms with Gasteiger partial charge in [0.2, 0.25) is 12.2 Å². The van der Waals surface area contributed by atoms with E-state index in [2.05, 4.69) is 9.98 Å². The van der Waals surface area contributed by atoms with Crippen molar-refractivity contribution in [2.45, 2.75) is 13.8 Å². The Hall–Kier alpha value is -4.64. The van der Waals surface area contributed by atoms with Gasteiger partial charge in [0.05, 0.1) is 22.5 Å². The number of carboxylic acid groups (broad SMARTS) is 2. The molecule has 0 amide bonds. The fourth-order valence-corrected chi connectivity index (χ4v) is 3.65. The fraction of sp³-hybridized carbons (Fsp3) is 0.0833. The van der Waals surface area contributed by atoms with E-state index in [0.29, 0.717) is 44.8 Å². The number of carbonyl (C=O) groups is 2. The molecule has 0 radical (unpaired) electrons. The monoisotopic (exact) mass is 428 g/mol. The lowest BCUT2D eigenvalue weighted by Crippen LogP contribution is -2.02. The maximum Gasteiger partial charge on any atom is 0.336 e. The van der Waals surface area contributed by atoms with Crippen molar-refractivity contribution in [2.75, 3.05) is 0 Å². The van der Waals surface area contributed by atoms with Crippen LogP contribution in [0.25, 0.3) is 22.3 Å². The molecule has 8 nitrogen and oxygen atoms in total. The maximum atomic E-state index is 11.8. The van der Waals surface area contributed by atoms with Crippen molar-refractivity contribution in [1.29, 1.82) is 0 Å². The van der Waals surface area contributed by atoms with Gasteiger partial charge in [-0.2, -0.15) is 9.98 Å². The van der Waals surface area contributed by atoms with Crippen molar-refractivity contribution < 1.29 is 29.4 Å². The van der Waals surface area contributed by atoms with Crippen LogP contribution in [0.5, 0.6) is 0 Å². The average molecular weight is 428 g/mol. The number of nitrogens with zero attached hydrogens (tertiary/aromatic N) is 2. The van der Waals surface area contributed by atoms with Crippen LogP contribution in [0.4, 0.5) is 11.4 Å². The molecule has 0 aromatic heterocycles. The molecular weight excluding hydrogens is 412 g/mol. The van der Waals surface area contributed by atoms with Crippen LogP contribution >= 0.6 is 0 Å². The van der Waals surface area contributed by atoms with Gasteiger partial charge in [-0.3, -0.25) is 0 Å². The van der Waals surface area contributed by atoms with Crippen molar-refractivity contribution in [3.05, 3.63) is 70.8 Å². The molecule has 0 unspecified atom stereocenters. The Morgan fingerprint density at radius 3 is 1.28 bits per heavy atom. The molecule has 0 saturated heterocycles. The Morgan fingerprint density at radius 1 is 0.656 bits per heavy atom. The van der Waals surface area contributed by atoms with Crippen molar-refractivity contribution in [3.63, 3.8) is 0 Å². The average Bonchev–Trinajstić information content (AvgIpc) is 2.76. The summed E-state index contributed by atoms with van der Waals surface area (Å²) in [6, 6.07) is 12.2. The molecule has 0 fully saturated rings. The zero-order chi connectivity index (χ0) is 23.4. The molecule has 3 aromatic rings. The van der Waals surface area contributed by atoms with E-state index in [9.17, 15) is 29.4 Å². The zero-order valence-corrected chi connectivity index (χ0v) is 17.0. The van der Waals surface area contributed by atoms with Gasteiger partial charge < -0.3 is 10.2 Å². The minimum Gasteiger partial charge on any atom is -0.478 e. The third-order valence-electron chi connectivity index (χ3n) is 5.13.